The van der Waals surface area contributed by atoms with Crippen LogP contribution in [0.1, 0.15) is 55.4 Å². The molecule has 0 spiro atoms. The van der Waals surface area contributed by atoms with Crippen molar-refractivity contribution in [3.8, 4) is 0 Å². The molecule has 1 fully saturated rings. The Kier molecular flexibility index (Phi) is 4.68. The Balaban J connectivity index is 1.50. The Labute approximate surface area is 158 Å². The van der Waals surface area contributed by atoms with Gasteiger partial charge in [-0.05, 0) is 38.3 Å². The van der Waals surface area contributed by atoms with Crippen LogP contribution in [0.4, 0.5) is 5.69 Å². The SMILES string of the molecule is CC(=O)N1CCC(c2nnc3n2C(C(=O)Nc2ccc(C)cc2)CC3)CC1. The van der Waals surface area contributed by atoms with E-state index in [4.69, 9.17) is 0 Å². The number of carbonyl (C=O) groups excluding carboxylic acids is 2. The number of amides is 2. The number of aryl methyl sites for hydroxylation is 2. The molecule has 7 nitrogen and oxygen atoms in total. The zero-order valence-corrected chi connectivity index (χ0v) is 15.8. The molecular formula is C20H25N5O2. The Hall–Kier alpha value is -2.70. The highest BCUT2D eigenvalue weighted by Gasteiger charge is 2.35. The summed E-state index contributed by atoms with van der Waals surface area (Å²) in [6, 6.07) is 7.56. The van der Waals surface area contributed by atoms with E-state index in [2.05, 4.69) is 15.5 Å². The van der Waals surface area contributed by atoms with E-state index in [9.17, 15) is 9.59 Å². The van der Waals surface area contributed by atoms with Gasteiger partial charge in [0.2, 0.25) is 11.8 Å². The molecule has 1 unspecified atom stereocenters. The number of fused-ring (bicyclic) bond motifs is 1. The Morgan fingerprint density at radius 3 is 2.44 bits per heavy atom. The molecule has 1 aromatic heterocycles. The van der Waals surface area contributed by atoms with E-state index in [-0.39, 0.29) is 23.8 Å². The van der Waals surface area contributed by atoms with Crippen molar-refractivity contribution in [2.24, 2.45) is 0 Å². The summed E-state index contributed by atoms with van der Waals surface area (Å²) in [5.74, 6) is 2.14. The Bertz CT molecular complexity index is 850. The van der Waals surface area contributed by atoms with Crippen LogP contribution in [0.25, 0.3) is 0 Å². The lowest BCUT2D eigenvalue weighted by molar-refractivity contribution is -0.129. The second-order valence-electron chi connectivity index (χ2n) is 7.53. The van der Waals surface area contributed by atoms with Crippen LogP contribution in [0.15, 0.2) is 24.3 Å². The predicted molar refractivity (Wildman–Crippen MR) is 101 cm³/mol. The number of aromatic nitrogens is 3. The fraction of sp³-hybridized carbons (Fsp3) is 0.500. The number of nitrogens with one attached hydrogen (secondary N) is 1. The first-order valence-corrected chi connectivity index (χ1v) is 9.59. The smallest absolute Gasteiger partial charge is 0.247 e. The summed E-state index contributed by atoms with van der Waals surface area (Å²) >= 11 is 0. The molecule has 2 amide bonds. The average Bonchev–Trinajstić information content (AvgIpc) is 3.25. The van der Waals surface area contributed by atoms with Crippen molar-refractivity contribution in [3.05, 3.63) is 41.5 Å². The van der Waals surface area contributed by atoms with E-state index in [1.54, 1.807) is 6.92 Å². The van der Waals surface area contributed by atoms with Gasteiger partial charge in [-0.15, -0.1) is 10.2 Å². The molecule has 142 valence electrons. The Morgan fingerprint density at radius 1 is 1.07 bits per heavy atom. The van der Waals surface area contributed by atoms with Crippen LogP contribution in [-0.4, -0.2) is 44.6 Å². The number of nitrogens with zero attached hydrogens (tertiary/aromatic N) is 4. The minimum atomic E-state index is -0.267. The van der Waals surface area contributed by atoms with Crippen molar-refractivity contribution in [2.45, 2.75) is 51.5 Å². The van der Waals surface area contributed by atoms with Gasteiger partial charge in [0.05, 0.1) is 0 Å². The largest absolute Gasteiger partial charge is 0.343 e. The number of piperidine rings is 1. The van der Waals surface area contributed by atoms with Crippen molar-refractivity contribution < 1.29 is 9.59 Å². The maximum absolute atomic E-state index is 12.9. The summed E-state index contributed by atoms with van der Waals surface area (Å²) in [4.78, 5) is 26.3. The van der Waals surface area contributed by atoms with Gasteiger partial charge in [-0.3, -0.25) is 9.59 Å². The van der Waals surface area contributed by atoms with Crippen LogP contribution >= 0.6 is 0 Å². The summed E-state index contributed by atoms with van der Waals surface area (Å²) < 4.78 is 2.04. The normalized spacial score (nSPS) is 19.8. The number of likely N-dealkylation sites (tertiary alicyclic amines) is 1. The highest BCUT2D eigenvalue weighted by molar-refractivity contribution is 5.94. The van der Waals surface area contributed by atoms with E-state index >= 15 is 0 Å². The standard InChI is InChI=1S/C20H25N5O2/c1-13-3-5-16(6-4-13)21-20(27)17-7-8-18-22-23-19(25(17)18)15-9-11-24(12-10-15)14(2)26/h3-6,15,17H,7-12H2,1-2H3,(H,21,27). The van der Waals surface area contributed by atoms with Gasteiger partial charge in [0.1, 0.15) is 17.7 Å². The number of benzene rings is 1. The van der Waals surface area contributed by atoms with Crippen molar-refractivity contribution in [1.82, 2.24) is 19.7 Å². The van der Waals surface area contributed by atoms with Gasteiger partial charge >= 0.3 is 0 Å². The fourth-order valence-corrected chi connectivity index (χ4v) is 4.08. The van der Waals surface area contributed by atoms with E-state index in [0.717, 1.165) is 61.7 Å². The van der Waals surface area contributed by atoms with Crippen LogP contribution < -0.4 is 5.32 Å². The van der Waals surface area contributed by atoms with E-state index in [1.807, 2.05) is 40.7 Å². The zero-order valence-electron chi connectivity index (χ0n) is 15.8. The quantitative estimate of drug-likeness (QED) is 0.904. The van der Waals surface area contributed by atoms with Crippen molar-refractivity contribution in [2.75, 3.05) is 18.4 Å². The molecule has 0 radical (unpaired) electrons. The molecule has 1 N–H and O–H groups in total. The lowest BCUT2D eigenvalue weighted by atomic mass is 9.95. The monoisotopic (exact) mass is 367 g/mol. The number of rotatable bonds is 3. The number of anilines is 1. The molecule has 0 bridgehead atoms. The molecule has 1 atom stereocenters. The molecule has 7 heteroatoms. The predicted octanol–water partition coefficient (Wildman–Crippen LogP) is 2.44. The van der Waals surface area contributed by atoms with Gasteiger partial charge in [0, 0.05) is 38.0 Å². The van der Waals surface area contributed by atoms with Crippen molar-refractivity contribution in [3.63, 3.8) is 0 Å². The maximum atomic E-state index is 12.9. The minimum Gasteiger partial charge on any atom is -0.343 e. The highest BCUT2D eigenvalue weighted by Crippen LogP contribution is 2.34. The lowest BCUT2D eigenvalue weighted by Gasteiger charge is -2.31. The van der Waals surface area contributed by atoms with Crippen molar-refractivity contribution >= 4 is 17.5 Å². The van der Waals surface area contributed by atoms with Crippen LogP contribution in [0, 0.1) is 6.92 Å². The second-order valence-corrected chi connectivity index (χ2v) is 7.53. The van der Waals surface area contributed by atoms with E-state index < -0.39 is 0 Å². The van der Waals surface area contributed by atoms with Gasteiger partial charge in [-0.1, -0.05) is 17.7 Å². The lowest BCUT2D eigenvalue weighted by Crippen LogP contribution is -2.37. The molecule has 3 heterocycles. The van der Waals surface area contributed by atoms with E-state index in [0.29, 0.717) is 0 Å². The minimum absolute atomic E-state index is 0.0141. The summed E-state index contributed by atoms with van der Waals surface area (Å²) in [6.07, 6.45) is 3.25. The third kappa shape index (κ3) is 3.46. The zero-order chi connectivity index (χ0) is 19.0. The molecule has 27 heavy (non-hydrogen) atoms. The molecule has 2 aliphatic rings. The van der Waals surface area contributed by atoms with Crippen LogP contribution in [-0.2, 0) is 16.0 Å². The van der Waals surface area contributed by atoms with Gasteiger partial charge in [-0.2, -0.15) is 0 Å². The molecule has 2 aromatic rings. The molecule has 4 rings (SSSR count). The van der Waals surface area contributed by atoms with Crippen LogP contribution in [0.5, 0.6) is 0 Å². The molecular weight excluding hydrogens is 342 g/mol. The molecule has 2 aliphatic heterocycles. The molecule has 1 aromatic carbocycles. The number of hydrogen-bond acceptors (Lipinski definition) is 4. The first-order chi connectivity index (χ1) is 13.0. The summed E-state index contributed by atoms with van der Waals surface area (Å²) in [5, 5.41) is 11.8. The first-order valence-electron chi connectivity index (χ1n) is 9.59. The third-order valence-electron chi connectivity index (χ3n) is 5.67. The topological polar surface area (TPSA) is 80.1 Å². The Morgan fingerprint density at radius 2 is 1.78 bits per heavy atom. The van der Waals surface area contributed by atoms with Gasteiger partial charge in [0.15, 0.2) is 0 Å². The van der Waals surface area contributed by atoms with Crippen LogP contribution in [0.2, 0.25) is 0 Å². The fourth-order valence-electron chi connectivity index (χ4n) is 4.08. The van der Waals surface area contributed by atoms with Crippen LogP contribution in [0.3, 0.4) is 0 Å². The molecule has 0 aliphatic carbocycles. The number of carbonyl (C=O) groups is 2. The average molecular weight is 367 g/mol. The van der Waals surface area contributed by atoms with Gasteiger partial charge in [-0.25, -0.2) is 0 Å². The van der Waals surface area contributed by atoms with Crippen molar-refractivity contribution in [1.29, 1.82) is 0 Å². The van der Waals surface area contributed by atoms with E-state index in [1.165, 1.54) is 0 Å². The van der Waals surface area contributed by atoms with Gasteiger partial charge < -0.3 is 14.8 Å². The highest BCUT2D eigenvalue weighted by atomic mass is 16.2. The third-order valence-corrected chi connectivity index (χ3v) is 5.67. The maximum Gasteiger partial charge on any atom is 0.247 e. The first kappa shape index (κ1) is 17.7. The summed E-state index contributed by atoms with van der Waals surface area (Å²) in [5.41, 5.74) is 1.97. The number of hydrogen-bond donors (Lipinski definition) is 1. The second kappa shape index (κ2) is 7.13. The summed E-state index contributed by atoms with van der Waals surface area (Å²) in [6.45, 7) is 5.11. The molecule has 1 saturated heterocycles. The van der Waals surface area contributed by atoms with Gasteiger partial charge in [0.25, 0.3) is 0 Å². The molecule has 0 saturated carbocycles. The summed E-state index contributed by atoms with van der Waals surface area (Å²) in [7, 11) is 0.